The van der Waals surface area contributed by atoms with Crippen molar-refractivity contribution in [2.45, 2.75) is 31.8 Å². The van der Waals surface area contributed by atoms with Crippen LogP contribution in [0.3, 0.4) is 0 Å². The lowest BCUT2D eigenvalue weighted by molar-refractivity contribution is 0.0188. The number of piperidine rings is 1. The molecule has 0 aliphatic carbocycles. The van der Waals surface area contributed by atoms with E-state index in [0.29, 0.717) is 23.4 Å². The molecule has 0 atom stereocenters. The van der Waals surface area contributed by atoms with Gasteiger partial charge in [-0.1, -0.05) is 0 Å². The number of rotatable bonds is 0. The van der Waals surface area contributed by atoms with Crippen molar-refractivity contribution >= 4 is 11.5 Å². The Morgan fingerprint density at radius 2 is 2.06 bits per heavy atom. The number of nitrogens with one attached hydrogen (secondary N) is 1. The molecule has 0 unspecified atom stereocenters. The molecular weight excluding hydrogens is 228 g/mol. The van der Waals surface area contributed by atoms with E-state index >= 15 is 0 Å². The summed E-state index contributed by atoms with van der Waals surface area (Å²) in [4.78, 5) is 12.3. The van der Waals surface area contributed by atoms with Crippen LogP contribution >= 0.6 is 0 Å². The third-order valence-corrected chi connectivity index (χ3v) is 3.99. The van der Waals surface area contributed by atoms with Gasteiger partial charge in [0.25, 0.3) is 0 Å². The fourth-order valence-corrected chi connectivity index (χ4v) is 2.82. The number of nitrogens with two attached hydrogens (primary N) is 1. The van der Waals surface area contributed by atoms with Gasteiger partial charge < -0.3 is 15.8 Å². The molecule has 3 N–H and O–H groups in total. The predicted molar refractivity (Wildman–Crippen MR) is 70.0 cm³/mol. The average molecular weight is 246 g/mol. The minimum atomic E-state index is -0.309. The third kappa shape index (κ3) is 1.77. The Kier molecular flexibility index (Phi) is 2.55. The van der Waals surface area contributed by atoms with Crippen LogP contribution in [0.15, 0.2) is 12.1 Å². The number of hydrogen-bond donors (Lipinski definition) is 2. The summed E-state index contributed by atoms with van der Waals surface area (Å²) in [5.41, 5.74) is 7.91. The molecule has 18 heavy (non-hydrogen) atoms. The Hall–Kier alpha value is -1.55. The van der Waals surface area contributed by atoms with Crippen LogP contribution in [-0.2, 0) is 0 Å². The van der Waals surface area contributed by atoms with Crippen LogP contribution in [0.25, 0.3) is 0 Å². The molecule has 1 aromatic carbocycles. The minimum absolute atomic E-state index is 0.182. The Balaban J connectivity index is 2.01. The summed E-state index contributed by atoms with van der Waals surface area (Å²) in [5.74, 6) is 0.845. The molecule has 0 bridgehead atoms. The van der Waals surface area contributed by atoms with Crippen LogP contribution in [0.5, 0.6) is 5.75 Å². The number of nitrogen functional groups attached to an aromatic ring is 1. The standard InChI is InChI=1S/C14H18N2O2/c1-9-6-10-12(17)8-14(2-4-16-5-3-14)18-13(10)7-11(9)15/h6-7,16H,2-5,8,15H2,1H3. The van der Waals surface area contributed by atoms with Crippen LogP contribution in [0.2, 0.25) is 0 Å². The second-order valence-electron chi connectivity index (χ2n) is 5.34. The monoisotopic (exact) mass is 246 g/mol. The lowest BCUT2D eigenvalue weighted by Gasteiger charge is -2.41. The van der Waals surface area contributed by atoms with E-state index < -0.39 is 0 Å². The van der Waals surface area contributed by atoms with Gasteiger partial charge in [0.15, 0.2) is 5.78 Å². The quantitative estimate of drug-likeness (QED) is 0.683. The third-order valence-electron chi connectivity index (χ3n) is 3.99. The van der Waals surface area contributed by atoms with Gasteiger partial charge in [-0.05, 0) is 31.6 Å². The van der Waals surface area contributed by atoms with Gasteiger partial charge in [-0.3, -0.25) is 4.79 Å². The highest BCUT2D eigenvalue weighted by Crippen LogP contribution is 2.39. The topological polar surface area (TPSA) is 64.3 Å². The van der Waals surface area contributed by atoms with Crippen molar-refractivity contribution in [3.63, 3.8) is 0 Å². The molecule has 4 nitrogen and oxygen atoms in total. The fraction of sp³-hybridized carbons (Fsp3) is 0.500. The van der Waals surface area contributed by atoms with E-state index in [1.54, 1.807) is 6.07 Å². The number of carbonyl (C=O) groups excluding carboxylic acids is 1. The van der Waals surface area contributed by atoms with Crippen LogP contribution in [0.4, 0.5) is 5.69 Å². The number of carbonyl (C=O) groups is 1. The van der Waals surface area contributed by atoms with E-state index in [9.17, 15) is 4.79 Å². The van der Waals surface area contributed by atoms with Crippen molar-refractivity contribution in [2.75, 3.05) is 18.8 Å². The highest BCUT2D eigenvalue weighted by molar-refractivity contribution is 6.01. The van der Waals surface area contributed by atoms with Crippen molar-refractivity contribution in [3.05, 3.63) is 23.3 Å². The van der Waals surface area contributed by atoms with Gasteiger partial charge in [0, 0.05) is 24.6 Å². The SMILES string of the molecule is Cc1cc2c(cc1N)OC1(CCNCC1)CC2=O. The van der Waals surface area contributed by atoms with Gasteiger partial charge in [0.1, 0.15) is 11.4 Å². The Morgan fingerprint density at radius 3 is 2.78 bits per heavy atom. The van der Waals surface area contributed by atoms with E-state index in [0.717, 1.165) is 31.5 Å². The number of benzene rings is 1. The van der Waals surface area contributed by atoms with Crippen molar-refractivity contribution in [3.8, 4) is 5.75 Å². The molecule has 2 aliphatic heterocycles. The van der Waals surface area contributed by atoms with E-state index in [1.807, 2.05) is 13.0 Å². The highest BCUT2D eigenvalue weighted by Gasteiger charge is 2.41. The fourth-order valence-electron chi connectivity index (χ4n) is 2.82. The summed E-state index contributed by atoms with van der Waals surface area (Å²) in [5, 5.41) is 3.30. The number of ether oxygens (including phenoxy) is 1. The molecule has 0 aromatic heterocycles. The smallest absolute Gasteiger partial charge is 0.170 e. The van der Waals surface area contributed by atoms with Crippen molar-refractivity contribution < 1.29 is 9.53 Å². The second kappa shape index (κ2) is 3.99. The Labute approximate surface area is 107 Å². The van der Waals surface area contributed by atoms with Gasteiger partial charge in [0.05, 0.1) is 12.0 Å². The summed E-state index contributed by atoms with van der Waals surface area (Å²) >= 11 is 0. The molecule has 0 saturated carbocycles. The first kappa shape index (κ1) is 11.5. The molecule has 0 amide bonds. The van der Waals surface area contributed by atoms with Crippen molar-refractivity contribution in [1.29, 1.82) is 0 Å². The molecule has 2 heterocycles. The Bertz CT molecular complexity index is 505. The number of hydrogen-bond acceptors (Lipinski definition) is 4. The molecule has 1 spiro atoms. The molecule has 3 rings (SSSR count). The molecule has 0 radical (unpaired) electrons. The second-order valence-corrected chi connectivity index (χ2v) is 5.34. The molecule has 1 fully saturated rings. The maximum absolute atomic E-state index is 12.3. The van der Waals surface area contributed by atoms with E-state index in [4.69, 9.17) is 10.5 Å². The molecule has 1 aromatic rings. The number of aryl methyl sites for hydroxylation is 1. The first-order chi connectivity index (χ1) is 8.60. The molecule has 1 saturated heterocycles. The lowest BCUT2D eigenvalue weighted by atomic mass is 9.82. The lowest BCUT2D eigenvalue weighted by Crippen LogP contribution is -2.49. The van der Waals surface area contributed by atoms with E-state index in [1.165, 1.54) is 0 Å². The molecule has 4 heteroatoms. The first-order valence-corrected chi connectivity index (χ1v) is 6.43. The van der Waals surface area contributed by atoms with Gasteiger partial charge >= 0.3 is 0 Å². The van der Waals surface area contributed by atoms with Crippen molar-refractivity contribution in [2.24, 2.45) is 0 Å². The van der Waals surface area contributed by atoms with Gasteiger partial charge in [-0.25, -0.2) is 0 Å². The molecular formula is C14H18N2O2. The maximum atomic E-state index is 12.3. The highest BCUT2D eigenvalue weighted by atomic mass is 16.5. The number of fused-ring (bicyclic) bond motifs is 1. The van der Waals surface area contributed by atoms with Crippen LogP contribution < -0.4 is 15.8 Å². The predicted octanol–water partition coefficient (Wildman–Crippen LogP) is 1.66. The summed E-state index contributed by atoms with van der Waals surface area (Å²) < 4.78 is 6.13. The largest absolute Gasteiger partial charge is 0.486 e. The zero-order valence-corrected chi connectivity index (χ0v) is 10.6. The van der Waals surface area contributed by atoms with E-state index in [2.05, 4.69) is 5.32 Å². The summed E-state index contributed by atoms with van der Waals surface area (Å²) in [6.45, 7) is 3.73. The van der Waals surface area contributed by atoms with E-state index in [-0.39, 0.29) is 11.4 Å². The molecule has 2 aliphatic rings. The number of anilines is 1. The number of ketones is 1. The number of Topliss-reactive ketones (excluding diaryl/α,β-unsaturated/α-hetero) is 1. The van der Waals surface area contributed by atoms with Crippen LogP contribution in [0.1, 0.15) is 35.2 Å². The zero-order valence-electron chi connectivity index (χ0n) is 10.6. The first-order valence-electron chi connectivity index (χ1n) is 6.43. The van der Waals surface area contributed by atoms with Gasteiger partial charge in [0.2, 0.25) is 0 Å². The summed E-state index contributed by atoms with van der Waals surface area (Å²) in [7, 11) is 0. The molecule has 96 valence electrons. The Morgan fingerprint density at radius 1 is 1.33 bits per heavy atom. The average Bonchev–Trinajstić information content (AvgIpc) is 2.33. The van der Waals surface area contributed by atoms with Gasteiger partial charge in [-0.15, -0.1) is 0 Å². The van der Waals surface area contributed by atoms with Gasteiger partial charge in [-0.2, -0.15) is 0 Å². The van der Waals surface area contributed by atoms with Crippen molar-refractivity contribution in [1.82, 2.24) is 5.32 Å². The van der Waals surface area contributed by atoms with Crippen LogP contribution in [0, 0.1) is 6.92 Å². The zero-order chi connectivity index (χ0) is 12.8. The maximum Gasteiger partial charge on any atom is 0.170 e. The van der Waals surface area contributed by atoms with Crippen LogP contribution in [-0.4, -0.2) is 24.5 Å². The minimum Gasteiger partial charge on any atom is -0.486 e. The normalized spacial score (nSPS) is 21.5. The summed E-state index contributed by atoms with van der Waals surface area (Å²) in [6, 6.07) is 3.65. The summed E-state index contributed by atoms with van der Waals surface area (Å²) in [6.07, 6.45) is 2.25.